The number of hydrogen-bond acceptors (Lipinski definition) is 6. The van der Waals surface area contributed by atoms with Crippen LogP contribution in [-0.2, 0) is 25.2 Å². The molecule has 8 nitrogen and oxygen atoms in total. The predicted octanol–water partition coefficient (Wildman–Crippen LogP) is 0.109. The first-order valence-corrected chi connectivity index (χ1v) is 8.31. The molecular formula is C11H10O8S2. The lowest BCUT2D eigenvalue weighted by Crippen LogP contribution is -2.38. The van der Waals surface area contributed by atoms with Crippen LogP contribution in [0.2, 0.25) is 0 Å². The molecule has 0 aliphatic heterocycles. The molecule has 1 aromatic rings. The Morgan fingerprint density at radius 1 is 1.10 bits per heavy atom. The summed E-state index contributed by atoms with van der Waals surface area (Å²) in [6, 6.07) is 2.46. The van der Waals surface area contributed by atoms with E-state index in [1.807, 2.05) is 0 Å². The Labute approximate surface area is 120 Å². The van der Waals surface area contributed by atoms with Gasteiger partial charge in [0.05, 0.1) is 4.90 Å². The fourth-order valence-corrected chi connectivity index (χ4v) is 3.32. The second kappa shape index (κ2) is 4.45. The van der Waals surface area contributed by atoms with Gasteiger partial charge >= 0.3 is 10.1 Å². The summed E-state index contributed by atoms with van der Waals surface area (Å²) in [5, 5.41) is 10.2. The van der Waals surface area contributed by atoms with E-state index >= 15 is 0 Å². The van der Waals surface area contributed by atoms with E-state index in [2.05, 4.69) is 0 Å². The summed E-state index contributed by atoms with van der Waals surface area (Å²) >= 11 is 0. The molecule has 0 spiro atoms. The molecule has 10 heteroatoms. The summed E-state index contributed by atoms with van der Waals surface area (Å²) in [5.74, 6) is -0.639. The molecule has 0 bridgehead atoms. The zero-order chi connectivity index (χ0) is 16.2. The van der Waals surface area contributed by atoms with E-state index in [-0.39, 0.29) is 11.1 Å². The number of carbonyl (C=O) groups excluding carboxylic acids is 1. The smallest absolute Gasteiger partial charge is 0.303 e. The highest BCUT2D eigenvalue weighted by molar-refractivity contribution is 7.87. The number of allylic oxidation sites excluding steroid dienone is 1. The number of rotatable bonds is 2. The lowest BCUT2D eigenvalue weighted by atomic mass is 9.89. The normalized spacial score (nSPS) is 22.7. The number of Topliss-reactive ketones (excluding diaryl/α,β-unsaturated/α-hetero) is 1. The summed E-state index contributed by atoms with van der Waals surface area (Å²) in [5.41, 5.74) is -1.07. The van der Waals surface area contributed by atoms with E-state index < -0.39 is 41.4 Å². The fourth-order valence-electron chi connectivity index (χ4n) is 2.04. The number of ketones is 1. The third kappa shape index (κ3) is 2.40. The third-order valence-electron chi connectivity index (χ3n) is 3.08. The minimum absolute atomic E-state index is 0.137. The number of hydrogen-bond donors (Lipinski definition) is 3. The van der Waals surface area contributed by atoms with Crippen LogP contribution in [0.1, 0.15) is 22.8 Å². The number of benzene rings is 1. The van der Waals surface area contributed by atoms with Gasteiger partial charge in [0.25, 0.3) is 10.1 Å². The topological polar surface area (TPSA) is 146 Å². The van der Waals surface area contributed by atoms with Crippen LogP contribution in [0.3, 0.4) is 0 Å². The zero-order valence-electron chi connectivity index (χ0n) is 10.5. The van der Waals surface area contributed by atoms with Crippen LogP contribution in [0.25, 0.3) is 0 Å². The molecule has 1 aromatic carbocycles. The molecule has 1 aliphatic carbocycles. The van der Waals surface area contributed by atoms with E-state index in [0.717, 1.165) is 12.1 Å². The van der Waals surface area contributed by atoms with Crippen molar-refractivity contribution in [1.82, 2.24) is 0 Å². The van der Waals surface area contributed by atoms with Crippen LogP contribution in [0.15, 0.2) is 34.7 Å². The van der Waals surface area contributed by atoms with Gasteiger partial charge in [0.2, 0.25) is 4.93 Å². The van der Waals surface area contributed by atoms with Gasteiger partial charge in [0, 0.05) is 11.1 Å². The SMILES string of the molecule is CC1=CC(O)(S(=O)(=O)O)c2cc(S(=O)(=O)O)ccc2C1=O. The van der Waals surface area contributed by atoms with E-state index in [4.69, 9.17) is 4.55 Å². The second-order valence-electron chi connectivity index (χ2n) is 4.51. The van der Waals surface area contributed by atoms with E-state index in [1.54, 1.807) is 0 Å². The molecule has 1 aliphatic rings. The highest BCUT2D eigenvalue weighted by atomic mass is 32.2. The monoisotopic (exact) mass is 334 g/mol. The number of carbonyl (C=O) groups is 1. The lowest BCUT2D eigenvalue weighted by molar-refractivity contribution is 0.0998. The highest BCUT2D eigenvalue weighted by Crippen LogP contribution is 2.38. The molecule has 3 N–H and O–H groups in total. The van der Waals surface area contributed by atoms with Crippen molar-refractivity contribution >= 4 is 26.0 Å². The van der Waals surface area contributed by atoms with Crippen molar-refractivity contribution < 1.29 is 35.8 Å². The summed E-state index contributed by atoms with van der Waals surface area (Å²) in [4.78, 5) is 8.23. The van der Waals surface area contributed by atoms with Crippen molar-refractivity contribution in [3.63, 3.8) is 0 Å². The first kappa shape index (κ1) is 15.8. The molecule has 21 heavy (non-hydrogen) atoms. The van der Waals surface area contributed by atoms with Gasteiger partial charge in [-0.05, 0) is 36.8 Å². The summed E-state index contributed by atoms with van der Waals surface area (Å²) < 4.78 is 63.2. The molecule has 0 amide bonds. The molecule has 0 aromatic heterocycles. The lowest BCUT2D eigenvalue weighted by Gasteiger charge is -2.28. The molecule has 0 saturated carbocycles. The highest BCUT2D eigenvalue weighted by Gasteiger charge is 2.47. The van der Waals surface area contributed by atoms with Crippen molar-refractivity contribution in [2.24, 2.45) is 0 Å². The largest absolute Gasteiger partial charge is 0.366 e. The Bertz CT molecular complexity index is 879. The first-order valence-electron chi connectivity index (χ1n) is 5.43. The fraction of sp³-hybridized carbons (Fsp3) is 0.182. The molecule has 0 fully saturated rings. The van der Waals surface area contributed by atoms with Gasteiger partial charge in [0.1, 0.15) is 0 Å². The summed E-state index contributed by atoms with van der Waals surface area (Å²) in [6.07, 6.45) is 0.612. The van der Waals surface area contributed by atoms with Gasteiger partial charge in [-0.2, -0.15) is 16.8 Å². The van der Waals surface area contributed by atoms with Gasteiger partial charge in [-0.25, -0.2) is 0 Å². The Morgan fingerprint density at radius 3 is 2.14 bits per heavy atom. The maximum atomic E-state index is 11.9. The Kier molecular flexibility index (Phi) is 3.35. The van der Waals surface area contributed by atoms with Crippen molar-refractivity contribution in [2.45, 2.75) is 16.8 Å². The Hall–Kier alpha value is -1.59. The van der Waals surface area contributed by atoms with E-state index in [9.17, 15) is 31.3 Å². The molecule has 0 radical (unpaired) electrons. The van der Waals surface area contributed by atoms with Crippen molar-refractivity contribution in [2.75, 3.05) is 0 Å². The number of fused-ring (bicyclic) bond motifs is 1. The average Bonchev–Trinajstić information content (AvgIpc) is 2.33. The van der Waals surface area contributed by atoms with Crippen LogP contribution in [0.5, 0.6) is 0 Å². The molecule has 0 saturated heterocycles. The van der Waals surface area contributed by atoms with E-state index in [1.165, 1.54) is 6.92 Å². The Morgan fingerprint density at radius 2 is 1.67 bits per heavy atom. The Balaban J connectivity index is 2.91. The van der Waals surface area contributed by atoms with Crippen LogP contribution >= 0.6 is 0 Å². The zero-order valence-corrected chi connectivity index (χ0v) is 12.1. The standard InChI is InChI=1S/C11H10O8S2/c1-6-5-11(13,21(17,18)19)9-4-7(20(14,15)16)2-3-8(9)10(6)12/h2-5,13H,1H3,(H,14,15,16)(H,17,18,19). The van der Waals surface area contributed by atoms with Gasteiger partial charge in [-0.1, -0.05) is 0 Å². The minimum atomic E-state index is -5.11. The van der Waals surface area contributed by atoms with Crippen molar-refractivity contribution in [3.8, 4) is 0 Å². The molecule has 1 unspecified atom stereocenters. The third-order valence-corrected chi connectivity index (χ3v) is 5.06. The quantitative estimate of drug-likeness (QED) is 0.646. The van der Waals surface area contributed by atoms with Crippen LogP contribution in [0, 0.1) is 0 Å². The molecule has 2 rings (SSSR count). The van der Waals surface area contributed by atoms with Crippen molar-refractivity contribution in [3.05, 3.63) is 41.0 Å². The van der Waals surface area contributed by atoms with Crippen molar-refractivity contribution in [1.29, 1.82) is 0 Å². The van der Waals surface area contributed by atoms with Gasteiger partial charge < -0.3 is 5.11 Å². The maximum absolute atomic E-state index is 11.9. The minimum Gasteiger partial charge on any atom is -0.366 e. The van der Waals surface area contributed by atoms with Crippen LogP contribution in [0.4, 0.5) is 0 Å². The molecular weight excluding hydrogens is 324 g/mol. The first-order chi connectivity index (χ1) is 9.38. The summed E-state index contributed by atoms with van der Waals surface area (Å²) in [6.45, 7) is 1.23. The molecule has 114 valence electrons. The molecule has 1 atom stereocenters. The van der Waals surface area contributed by atoms with Crippen LogP contribution in [-0.4, -0.2) is 36.8 Å². The van der Waals surface area contributed by atoms with E-state index in [0.29, 0.717) is 12.1 Å². The maximum Gasteiger partial charge on any atom is 0.303 e. The average molecular weight is 334 g/mol. The second-order valence-corrected chi connectivity index (χ2v) is 7.50. The van der Waals surface area contributed by atoms with Gasteiger partial charge in [0.15, 0.2) is 5.78 Å². The summed E-state index contributed by atoms with van der Waals surface area (Å²) in [7, 11) is -9.79. The number of aliphatic hydroxyl groups is 1. The van der Waals surface area contributed by atoms with Crippen LogP contribution < -0.4 is 0 Å². The predicted molar refractivity (Wildman–Crippen MR) is 69.8 cm³/mol. The van der Waals surface area contributed by atoms with Gasteiger partial charge in [-0.3, -0.25) is 13.9 Å². The molecule has 0 heterocycles. The van der Waals surface area contributed by atoms with Gasteiger partial charge in [-0.15, -0.1) is 0 Å².